The molecular formula is C16H17NO3S. The van der Waals surface area contributed by atoms with Crippen LogP contribution in [0.15, 0.2) is 47.3 Å². The fraction of sp³-hybridized carbons (Fsp3) is 0.250. The van der Waals surface area contributed by atoms with Gasteiger partial charge in [0.2, 0.25) is 0 Å². The van der Waals surface area contributed by atoms with E-state index >= 15 is 0 Å². The summed E-state index contributed by atoms with van der Waals surface area (Å²) in [6, 6.07) is 6.90. The molecule has 0 aliphatic heterocycles. The first-order valence-corrected chi connectivity index (χ1v) is 7.66. The first kappa shape index (κ1) is 15.3. The molecule has 4 nitrogen and oxygen atoms in total. The predicted molar refractivity (Wildman–Crippen MR) is 82.6 cm³/mol. The normalized spacial score (nSPS) is 10.7. The Bertz CT molecular complexity index is 576. The van der Waals surface area contributed by atoms with Crippen LogP contribution in [-0.2, 0) is 11.3 Å². The van der Waals surface area contributed by atoms with Crippen molar-refractivity contribution in [3.63, 3.8) is 0 Å². The number of nitrogens with zero attached hydrogens (tertiary/aromatic N) is 1. The SMILES string of the molecule is CC/C=C/COC(=O)c1ccc(OCc2cscn2)cc1. The van der Waals surface area contributed by atoms with E-state index in [1.54, 1.807) is 29.8 Å². The van der Waals surface area contributed by atoms with Crippen molar-refractivity contribution < 1.29 is 14.3 Å². The van der Waals surface area contributed by atoms with Crippen molar-refractivity contribution in [1.29, 1.82) is 0 Å². The fourth-order valence-electron chi connectivity index (χ4n) is 1.60. The molecule has 1 aromatic carbocycles. The molecule has 0 bridgehead atoms. The van der Waals surface area contributed by atoms with Crippen LogP contribution in [0.3, 0.4) is 0 Å². The van der Waals surface area contributed by atoms with E-state index in [0.29, 0.717) is 24.5 Å². The van der Waals surface area contributed by atoms with Crippen LogP contribution >= 0.6 is 11.3 Å². The van der Waals surface area contributed by atoms with Gasteiger partial charge in [0, 0.05) is 5.38 Å². The molecule has 110 valence electrons. The molecule has 0 aliphatic rings. The molecule has 0 saturated carbocycles. The van der Waals surface area contributed by atoms with Gasteiger partial charge >= 0.3 is 5.97 Å². The summed E-state index contributed by atoms with van der Waals surface area (Å²) >= 11 is 1.53. The van der Waals surface area contributed by atoms with Gasteiger partial charge in [-0.3, -0.25) is 0 Å². The maximum Gasteiger partial charge on any atom is 0.338 e. The van der Waals surface area contributed by atoms with Gasteiger partial charge in [-0.2, -0.15) is 0 Å². The Balaban J connectivity index is 1.83. The highest BCUT2D eigenvalue weighted by Gasteiger charge is 2.06. The molecule has 0 amide bonds. The Morgan fingerprint density at radius 1 is 1.29 bits per heavy atom. The number of esters is 1. The summed E-state index contributed by atoms with van der Waals surface area (Å²) in [4.78, 5) is 15.9. The summed E-state index contributed by atoms with van der Waals surface area (Å²) in [5.41, 5.74) is 3.18. The quantitative estimate of drug-likeness (QED) is 0.576. The molecule has 0 spiro atoms. The molecule has 2 aromatic rings. The number of rotatable bonds is 7. The third kappa shape index (κ3) is 5.04. The number of benzene rings is 1. The van der Waals surface area contributed by atoms with Gasteiger partial charge in [0.15, 0.2) is 0 Å². The van der Waals surface area contributed by atoms with Crippen molar-refractivity contribution in [1.82, 2.24) is 4.98 Å². The van der Waals surface area contributed by atoms with E-state index in [4.69, 9.17) is 9.47 Å². The molecule has 5 heteroatoms. The molecule has 2 rings (SSSR count). The summed E-state index contributed by atoms with van der Waals surface area (Å²) in [5, 5.41) is 1.94. The standard InChI is InChI=1S/C16H17NO3S/c1-2-3-4-9-19-16(18)13-5-7-15(8-6-13)20-10-14-11-21-12-17-14/h3-8,11-12H,2,9-10H2,1H3/b4-3+. The van der Waals surface area contributed by atoms with Gasteiger partial charge in [-0.1, -0.05) is 19.1 Å². The van der Waals surface area contributed by atoms with Gasteiger partial charge in [0.1, 0.15) is 19.0 Å². The summed E-state index contributed by atoms with van der Waals surface area (Å²) < 4.78 is 10.7. The van der Waals surface area contributed by atoms with Crippen molar-refractivity contribution in [2.45, 2.75) is 20.0 Å². The van der Waals surface area contributed by atoms with E-state index in [2.05, 4.69) is 4.98 Å². The van der Waals surface area contributed by atoms with Crippen LogP contribution in [0.5, 0.6) is 5.75 Å². The second-order valence-corrected chi connectivity index (χ2v) is 4.99. The molecule has 0 atom stereocenters. The summed E-state index contributed by atoms with van der Waals surface area (Å²) in [6.07, 6.45) is 4.73. The van der Waals surface area contributed by atoms with Crippen molar-refractivity contribution in [2.24, 2.45) is 0 Å². The number of aromatic nitrogens is 1. The zero-order valence-electron chi connectivity index (χ0n) is 11.8. The molecular weight excluding hydrogens is 286 g/mol. The van der Waals surface area contributed by atoms with E-state index < -0.39 is 0 Å². The molecule has 0 N–H and O–H groups in total. The van der Waals surface area contributed by atoms with Crippen LogP contribution < -0.4 is 4.74 Å². The van der Waals surface area contributed by atoms with Gasteiger partial charge in [-0.25, -0.2) is 9.78 Å². The highest BCUT2D eigenvalue weighted by molar-refractivity contribution is 7.07. The van der Waals surface area contributed by atoms with Crippen LogP contribution in [0.4, 0.5) is 0 Å². The number of allylic oxidation sites excluding steroid dienone is 1. The number of carbonyl (C=O) groups is 1. The molecule has 0 unspecified atom stereocenters. The highest BCUT2D eigenvalue weighted by atomic mass is 32.1. The Labute approximate surface area is 128 Å². The lowest BCUT2D eigenvalue weighted by molar-refractivity contribution is 0.0549. The van der Waals surface area contributed by atoms with Gasteiger partial charge in [-0.05, 0) is 30.7 Å². The number of hydrogen-bond donors (Lipinski definition) is 0. The molecule has 0 saturated heterocycles. The van der Waals surface area contributed by atoms with Crippen LogP contribution in [0.1, 0.15) is 29.4 Å². The van der Waals surface area contributed by atoms with E-state index in [9.17, 15) is 4.79 Å². The molecule has 21 heavy (non-hydrogen) atoms. The highest BCUT2D eigenvalue weighted by Crippen LogP contribution is 2.15. The van der Waals surface area contributed by atoms with Gasteiger partial charge in [0.05, 0.1) is 16.8 Å². The lowest BCUT2D eigenvalue weighted by Gasteiger charge is -2.06. The Kier molecular flexibility index (Phi) is 5.97. The number of ether oxygens (including phenoxy) is 2. The van der Waals surface area contributed by atoms with E-state index in [1.807, 2.05) is 24.5 Å². The Morgan fingerprint density at radius 2 is 2.10 bits per heavy atom. The summed E-state index contributed by atoms with van der Waals surface area (Å²) in [7, 11) is 0. The minimum atomic E-state index is -0.332. The molecule has 1 heterocycles. The van der Waals surface area contributed by atoms with Crippen LogP contribution in [-0.4, -0.2) is 17.6 Å². The van der Waals surface area contributed by atoms with Crippen LogP contribution in [0.25, 0.3) is 0 Å². The predicted octanol–water partition coefficient (Wildman–Crippen LogP) is 3.85. The van der Waals surface area contributed by atoms with E-state index in [1.165, 1.54) is 11.3 Å². The van der Waals surface area contributed by atoms with E-state index in [-0.39, 0.29) is 5.97 Å². The first-order valence-electron chi connectivity index (χ1n) is 6.71. The minimum Gasteiger partial charge on any atom is -0.487 e. The lowest BCUT2D eigenvalue weighted by Crippen LogP contribution is -2.05. The van der Waals surface area contributed by atoms with Gasteiger partial charge < -0.3 is 9.47 Å². The third-order valence-corrected chi connectivity index (χ3v) is 3.31. The van der Waals surface area contributed by atoms with Gasteiger partial charge in [-0.15, -0.1) is 11.3 Å². The van der Waals surface area contributed by atoms with Crippen LogP contribution in [0.2, 0.25) is 0 Å². The fourth-order valence-corrected chi connectivity index (χ4v) is 2.14. The second-order valence-electron chi connectivity index (χ2n) is 4.27. The Hall–Kier alpha value is -2.14. The zero-order valence-corrected chi connectivity index (χ0v) is 12.6. The van der Waals surface area contributed by atoms with Crippen LogP contribution in [0, 0.1) is 0 Å². The van der Waals surface area contributed by atoms with Crippen molar-refractivity contribution in [3.8, 4) is 5.75 Å². The molecule has 0 aliphatic carbocycles. The largest absolute Gasteiger partial charge is 0.487 e. The molecule has 1 aromatic heterocycles. The zero-order chi connectivity index (χ0) is 14.9. The molecule has 0 radical (unpaired) electrons. The summed E-state index contributed by atoms with van der Waals surface area (Å²) in [5.74, 6) is 0.368. The second kappa shape index (κ2) is 8.21. The first-order chi connectivity index (χ1) is 10.3. The monoisotopic (exact) mass is 303 g/mol. The smallest absolute Gasteiger partial charge is 0.338 e. The average Bonchev–Trinajstić information content (AvgIpc) is 3.03. The van der Waals surface area contributed by atoms with E-state index in [0.717, 1.165) is 12.1 Å². The maximum atomic E-state index is 11.8. The third-order valence-electron chi connectivity index (χ3n) is 2.67. The van der Waals surface area contributed by atoms with Crippen molar-refractivity contribution in [2.75, 3.05) is 6.61 Å². The lowest BCUT2D eigenvalue weighted by atomic mass is 10.2. The molecule has 0 fully saturated rings. The minimum absolute atomic E-state index is 0.300. The average molecular weight is 303 g/mol. The van der Waals surface area contributed by atoms with Crippen molar-refractivity contribution >= 4 is 17.3 Å². The number of hydrogen-bond acceptors (Lipinski definition) is 5. The Morgan fingerprint density at radius 3 is 2.76 bits per heavy atom. The summed E-state index contributed by atoms with van der Waals surface area (Å²) in [6.45, 7) is 2.76. The topological polar surface area (TPSA) is 48.4 Å². The maximum absolute atomic E-state index is 11.8. The number of thiazole rings is 1. The number of carbonyl (C=O) groups excluding carboxylic acids is 1. The van der Waals surface area contributed by atoms with Gasteiger partial charge in [0.25, 0.3) is 0 Å². The van der Waals surface area contributed by atoms with Crippen molar-refractivity contribution in [3.05, 3.63) is 58.6 Å².